The number of hydrogen-bond donors (Lipinski definition) is 0. The van der Waals surface area contributed by atoms with Crippen LogP contribution in [0.1, 0.15) is 20.8 Å². The van der Waals surface area contributed by atoms with Gasteiger partial charge in [0, 0.05) is 0 Å². The normalized spacial score (nSPS) is 29.4. The molecule has 0 aliphatic heterocycles. The molecule has 4 nitrogen and oxygen atoms in total. The number of allylic oxidation sites excluding steroid dienone is 2. The highest BCUT2D eigenvalue weighted by Gasteiger charge is 2.37. The van der Waals surface area contributed by atoms with E-state index in [2.05, 4.69) is 9.98 Å². The van der Waals surface area contributed by atoms with Crippen molar-refractivity contribution in [1.82, 2.24) is 0 Å². The smallest absolute Gasteiger partial charge is 0.211 e. The maximum atomic E-state index is 10.4. The van der Waals surface area contributed by atoms with Gasteiger partial charge >= 0.3 is 0 Å². The first-order valence-electron chi connectivity index (χ1n) is 4.58. The van der Waals surface area contributed by atoms with Crippen molar-refractivity contribution in [3.05, 3.63) is 23.3 Å². The number of nitrogens with zero attached hydrogens (tertiary/aromatic N) is 2. The molecule has 0 saturated heterocycles. The fourth-order valence-electron chi connectivity index (χ4n) is 1.64. The van der Waals surface area contributed by atoms with Crippen molar-refractivity contribution in [3.8, 4) is 0 Å². The Labute approximate surface area is 88.1 Å². The van der Waals surface area contributed by atoms with Crippen LogP contribution in [0.3, 0.4) is 0 Å². The van der Waals surface area contributed by atoms with Crippen LogP contribution in [0.4, 0.5) is 0 Å². The molecule has 4 heteroatoms. The quantitative estimate of drug-likeness (QED) is 0.507. The number of isocyanates is 2. The Morgan fingerprint density at radius 2 is 2.00 bits per heavy atom. The summed E-state index contributed by atoms with van der Waals surface area (Å²) in [7, 11) is 0. The molecule has 78 valence electrons. The summed E-state index contributed by atoms with van der Waals surface area (Å²) in [5, 5.41) is 0. The summed E-state index contributed by atoms with van der Waals surface area (Å²) in [5.41, 5.74) is 1.13. The predicted octanol–water partition coefficient (Wildman–Crippen LogP) is 1.69. The predicted molar refractivity (Wildman–Crippen MR) is 56.0 cm³/mol. The van der Waals surface area contributed by atoms with Crippen LogP contribution in [0, 0.1) is 0 Å². The van der Waals surface area contributed by atoms with Crippen molar-refractivity contribution in [2.45, 2.75) is 32.4 Å². The summed E-state index contributed by atoms with van der Waals surface area (Å²) < 4.78 is 0. The van der Waals surface area contributed by atoms with Crippen LogP contribution in [0.25, 0.3) is 0 Å². The van der Waals surface area contributed by atoms with Crippen LogP contribution in [0.15, 0.2) is 33.3 Å². The molecule has 0 bridgehead atoms. The van der Waals surface area contributed by atoms with Gasteiger partial charge in [-0.3, -0.25) is 0 Å². The number of hydrogen-bond acceptors (Lipinski definition) is 4. The van der Waals surface area contributed by atoms with E-state index < -0.39 is 11.6 Å². The maximum absolute atomic E-state index is 10.4. The third-order valence-corrected chi connectivity index (χ3v) is 2.92. The van der Waals surface area contributed by atoms with E-state index in [0.29, 0.717) is 0 Å². The molecule has 1 aliphatic rings. The Hall–Kier alpha value is -1.76. The zero-order valence-electron chi connectivity index (χ0n) is 8.94. The largest absolute Gasteiger partial charge is 0.235 e. The zero-order valence-corrected chi connectivity index (χ0v) is 8.94. The lowest BCUT2D eigenvalue weighted by Crippen LogP contribution is -2.38. The highest BCUT2D eigenvalue weighted by atomic mass is 16.1. The van der Waals surface area contributed by atoms with Gasteiger partial charge in [-0.2, -0.15) is 9.98 Å². The van der Waals surface area contributed by atoms with Gasteiger partial charge in [0.15, 0.2) is 0 Å². The highest BCUT2D eigenvalue weighted by molar-refractivity contribution is 5.47. The van der Waals surface area contributed by atoms with E-state index in [-0.39, 0.29) is 0 Å². The van der Waals surface area contributed by atoms with Gasteiger partial charge in [0.1, 0.15) is 11.6 Å². The maximum Gasteiger partial charge on any atom is 0.235 e. The molecule has 0 saturated carbocycles. The molecule has 2 atom stereocenters. The molecule has 0 heterocycles. The minimum absolute atomic E-state index is 0.472. The van der Waals surface area contributed by atoms with E-state index in [9.17, 15) is 9.59 Å². The van der Waals surface area contributed by atoms with E-state index in [1.54, 1.807) is 13.0 Å². The molecule has 0 aromatic rings. The number of aliphatic imine (C=N–C) groups is 2. The van der Waals surface area contributed by atoms with E-state index in [0.717, 1.165) is 11.1 Å². The second kappa shape index (κ2) is 4.18. The second-order valence-electron chi connectivity index (χ2n) is 3.68. The van der Waals surface area contributed by atoms with Gasteiger partial charge in [-0.05, 0) is 31.9 Å². The van der Waals surface area contributed by atoms with Gasteiger partial charge in [-0.1, -0.05) is 12.2 Å². The fourth-order valence-corrected chi connectivity index (χ4v) is 1.64. The second-order valence-corrected chi connectivity index (χ2v) is 3.68. The van der Waals surface area contributed by atoms with Gasteiger partial charge in [0.25, 0.3) is 0 Å². The molecule has 0 spiro atoms. The standard InChI is InChI=1S/C11H12N2O2/c1-8-4-5-10(12-6-14)11(3,9(8)2)13-7-15/h4-5,10H,1-3H3. The Morgan fingerprint density at radius 3 is 2.53 bits per heavy atom. The highest BCUT2D eigenvalue weighted by Crippen LogP contribution is 2.33. The molecule has 1 rings (SSSR count). The number of rotatable bonds is 2. The summed E-state index contributed by atoms with van der Waals surface area (Å²) >= 11 is 0. The first kappa shape index (κ1) is 11.3. The molecule has 0 aromatic carbocycles. The molecule has 0 aromatic heterocycles. The van der Waals surface area contributed by atoms with Crippen LogP contribution in [-0.2, 0) is 9.59 Å². The summed E-state index contributed by atoms with van der Waals surface area (Å²) in [6.07, 6.45) is 6.64. The van der Waals surface area contributed by atoms with Crippen molar-refractivity contribution >= 4 is 12.2 Å². The molecule has 1 aliphatic carbocycles. The van der Waals surface area contributed by atoms with Crippen molar-refractivity contribution in [2.24, 2.45) is 9.98 Å². The lowest BCUT2D eigenvalue weighted by molar-refractivity contribution is 0.470. The average molecular weight is 204 g/mol. The molecule has 2 unspecified atom stereocenters. The van der Waals surface area contributed by atoms with Crippen LogP contribution < -0.4 is 0 Å². The van der Waals surface area contributed by atoms with E-state index >= 15 is 0 Å². The van der Waals surface area contributed by atoms with Gasteiger partial charge in [0.05, 0.1) is 0 Å². The Balaban J connectivity index is 3.32. The van der Waals surface area contributed by atoms with Crippen molar-refractivity contribution in [3.63, 3.8) is 0 Å². The van der Waals surface area contributed by atoms with Crippen molar-refractivity contribution < 1.29 is 9.59 Å². The van der Waals surface area contributed by atoms with Gasteiger partial charge in [-0.25, -0.2) is 9.59 Å². The van der Waals surface area contributed by atoms with Crippen molar-refractivity contribution in [1.29, 1.82) is 0 Å². The summed E-state index contributed by atoms with van der Waals surface area (Å²) in [4.78, 5) is 28.1. The monoisotopic (exact) mass is 204 g/mol. The van der Waals surface area contributed by atoms with Crippen LogP contribution in [-0.4, -0.2) is 23.7 Å². The third-order valence-electron chi connectivity index (χ3n) is 2.92. The Bertz CT molecular complexity index is 424. The van der Waals surface area contributed by atoms with E-state index in [1.165, 1.54) is 12.2 Å². The number of carbonyl (C=O) groups excluding carboxylic acids is 2. The zero-order chi connectivity index (χ0) is 11.5. The summed E-state index contributed by atoms with van der Waals surface area (Å²) in [5.74, 6) is 0. The van der Waals surface area contributed by atoms with Gasteiger partial charge < -0.3 is 0 Å². The lowest BCUT2D eigenvalue weighted by Gasteiger charge is -2.32. The molecular weight excluding hydrogens is 192 g/mol. The molecule has 0 amide bonds. The van der Waals surface area contributed by atoms with Gasteiger partial charge in [-0.15, -0.1) is 0 Å². The molecule has 0 fully saturated rings. The SMILES string of the molecule is CC1=C(C)C(C)(N=C=O)C(N=C=O)C=C1. The van der Waals surface area contributed by atoms with E-state index in [1.807, 2.05) is 19.9 Å². The Kier molecular flexibility index (Phi) is 3.15. The average Bonchev–Trinajstić information content (AvgIpc) is 2.20. The Morgan fingerprint density at radius 1 is 1.33 bits per heavy atom. The van der Waals surface area contributed by atoms with Crippen LogP contribution in [0.5, 0.6) is 0 Å². The lowest BCUT2D eigenvalue weighted by atomic mass is 9.79. The molecule has 0 N–H and O–H groups in total. The molecule has 15 heavy (non-hydrogen) atoms. The van der Waals surface area contributed by atoms with Gasteiger partial charge in [0.2, 0.25) is 12.2 Å². The van der Waals surface area contributed by atoms with E-state index in [4.69, 9.17) is 0 Å². The first-order valence-corrected chi connectivity index (χ1v) is 4.58. The van der Waals surface area contributed by atoms with Crippen LogP contribution >= 0.6 is 0 Å². The third kappa shape index (κ3) is 1.86. The first-order chi connectivity index (χ1) is 7.06. The molecule has 0 radical (unpaired) electrons. The minimum atomic E-state index is -0.808. The summed E-state index contributed by atoms with van der Waals surface area (Å²) in [6.45, 7) is 5.55. The van der Waals surface area contributed by atoms with Crippen LogP contribution in [0.2, 0.25) is 0 Å². The molecular formula is C11H12N2O2. The minimum Gasteiger partial charge on any atom is -0.211 e. The topological polar surface area (TPSA) is 58.9 Å². The van der Waals surface area contributed by atoms with Crippen molar-refractivity contribution in [2.75, 3.05) is 0 Å². The fraction of sp³-hybridized carbons (Fsp3) is 0.455. The summed E-state index contributed by atoms with van der Waals surface area (Å²) in [6, 6.07) is -0.472.